The van der Waals surface area contributed by atoms with Crippen LogP contribution in [-0.4, -0.2) is 0 Å². The maximum Gasteiger partial charge on any atom is 0.0434 e. The minimum atomic E-state index is 1.25. The standard InChI is InChI=1S/C42H26S/c1-2-14-28(15-3-1)39-31-18-6-8-20-33(31)40(34-21-9-7-19-32(34)39)36-24-12-26-38-41(36)37-25-11-23-35(42(37)43-38)30-22-10-16-27-13-4-5-17-29(27)30/h1-26H. The van der Waals surface area contributed by atoms with Crippen molar-refractivity contribution in [2.45, 2.75) is 0 Å². The van der Waals surface area contributed by atoms with Gasteiger partial charge < -0.3 is 0 Å². The third-order valence-corrected chi connectivity index (χ3v) is 10.1. The van der Waals surface area contributed by atoms with Gasteiger partial charge in [-0.25, -0.2) is 0 Å². The normalized spacial score (nSPS) is 11.7. The summed E-state index contributed by atoms with van der Waals surface area (Å²) in [4.78, 5) is 0. The molecule has 0 unspecified atom stereocenters. The maximum atomic E-state index is 2.33. The molecule has 1 aromatic heterocycles. The van der Waals surface area contributed by atoms with Crippen molar-refractivity contribution in [3.05, 3.63) is 158 Å². The zero-order chi connectivity index (χ0) is 28.3. The van der Waals surface area contributed by atoms with E-state index in [-0.39, 0.29) is 0 Å². The second kappa shape index (κ2) is 9.66. The molecule has 1 heteroatoms. The molecular weight excluding hydrogens is 537 g/mol. The lowest BCUT2D eigenvalue weighted by atomic mass is 9.85. The fourth-order valence-electron chi connectivity index (χ4n) is 7.06. The summed E-state index contributed by atoms with van der Waals surface area (Å²) in [6, 6.07) is 57.8. The van der Waals surface area contributed by atoms with E-state index in [1.54, 1.807) is 0 Å². The van der Waals surface area contributed by atoms with Crippen LogP contribution < -0.4 is 0 Å². The fraction of sp³-hybridized carbons (Fsp3) is 0. The van der Waals surface area contributed by atoms with Gasteiger partial charge in [0, 0.05) is 25.7 Å². The molecule has 1 heterocycles. The molecule has 0 atom stereocenters. The van der Waals surface area contributed by atoms with E-state index in [9.17, 15) is 0 Å². The molecule has 0 amide bonds. The van der Waals surface area contributed by atoms with E-state index < -0.39 is 0 Å². The Hall–Kier alpha value is -5.24. The molecule has 9 aromatic rings. The van der Waals surface area contributed by atoms with Crippen LogP contribution in [0.15, 0.2) is 158 Å². The molecule has 200 valence electrons. The van der Waals surface area contributed by atoms with E-state index in [1.807, 2.05) is 11.3 Å². The lowest BCUT2D eigenvalue weighted by Gasteiger charge is -2.18. The van der Waals surface area contributed by atoms with Crippen molar-refractivity contribution >= 4 is 63.8 Å². The molecule has 0 aliphatic carbocycles. The van der Waals surface area contributed by atoms with Crippen LogP contribution in [0.25, 0.3) is 85.9 Å². The molecule has 0 saturated carbocycles. The highest BCUT2D eigenvalue weighted by molar-refractivity contribution is 7.26. The Morgan fingerprint density at radius 1 is 0.326 bits per heavy atom. The van der Waals surface area contributed by atoms with Crippen LogP contribution in [0.4, 0.5) is 0 Å². The van der Waals surface area contributed by atoms with Crippen molar-refractivity contribution in [3.8, 4) is 33.4 Å². The highest BCUT2D eigenvalue weighted by Crippen LogP contribution is 2.49. The van der Waals surface area contributed by atoms with E-state index in [2.05, 4.69) is 158 Å². The third-order valence-electron chi connectivity index (χ3n) is 8.87. The number of thiophene rings is 1. The quantitative estimate of drug-likeness (QED) is 0.188. The molecular formula is C42H26S. The summed E-state index contributed by atoms with van der Waals surface area (Å²) in [5.41, 5.74) is 7.75. The van der Waals surface area contributed by atoms with Gasteiger partial charge in [-0.1, -0.05) is 152 Å². The zero-order valence-electron chi connectivity index (χ0n) is 23.4. The monoisotopic (exact) mass is 562 g/mol. The van der Waals surface area contributed by atoms with E-state index in [0.717, 1.165) is 0 Å². The number of hydrogen-bond donors (Lipinski definition) is 0. The molecule has 0 bridgehead atoms. The lowest BCUT2D eigenvalue weighted by Crippen LogP contribution is -1.91. The molecule has 0 nitrogen and oxygen atoms in total. The summed E-state index contributed by atoms with van der Waals surface area (Å²) >= 11 is 1.91. The van der Waals surface area contributed by atoms with E-state index in [0.29, 0.717) is 0 Å². The Morgan fingerprint density at radius 3 is 1.58 bits per heavy atom. The minimum Gasteiger partial charge on any atom is -0.135 e. The molecule has 0 spiro atoms. The van der Waals surface area contributed by atoms with Crippen LogP contribution >= 0.6 is 11.3 Å². The van der Waals surface area contributed by atoms with Gasteiger partial charge in [-0.2, -0.15) is 0 Å². The molecule has 0 aliphatic rings. The van der Waals surface area contributed by atoms with Gasteiger partial charge in [0.05, 0.1) is 0 Å². The molecule has 8 aromatic carbocycles. The van der Waals surface area contributed by atoms with Crippen LogP contribution in [0, 0.1) is 0 Å². The van der Waals surface area contributed by atoms with Gasteiger partial charge in [-0.15, -0.1) is 11.3 Å². The van der Waals surface area contributed by atoms with Crippen molar-refractivity contribution in [1.29, 1.82) is 0 Å². The predicted molar refractivity (Wildman–Crippen MR) is 188 cm³/mol. The average molecular weight is 563 g/mol. The van der Waals surface area contributed by atoms with Gasteiger partial charge in [0.1, 0.15) is 0 Å². The summed E-state index contributed by atoms with van der Waals surface area (Å²) < 4.78 is 2.66. The number of benzene rings is 8. The SMILES string of the molecule is c1ccc(-c2c3ccccc3c(-c3cccc4sc5c(-c6cccc7ccccc67)cccc5c34)c3ccccc23)cc1. The van der Waals surface area contributed by atoms with E-state index >= 15 is 0 Å². The van der Waals surface area contributed by atoms with Gasteiger partial charge in [-0.05, 0) is 66.2 Å². The van der Waals surface area contributed by atoms with Crippen LogP contribution in [0.1, 0.15) is 0 Å². The van der Waals surface area contributed by atoms with Crippen molar-refractivity contribution in [2.24, 2.45) is 0 Å². The van der Waals surface area contributed by atoms with Crippen LogP contribution in [-0.2, 0) is 0 Å². The third kappa shape index (κ3) is 3.69. The van der Waals surface area contributed by atoms with Gasteiger partial charge in [0.2, 0.25) is 0 Å². The summed E-state index contributed by atoms with van der Waals surface area (Å²) in [6.45, 7) is 0. The number of rotatable bonds is 3. The largest absolute Gasteiger partial charge is 0.135 e. The smallest absolute Gasteiger partial charge is 0.0434 e. The summed E-state index contributed by atoms with van der Waals surface area (Å²) in [5.74, 6) is 0. The number of fused-ring (bicyclic) bond motifs is 6. The Labute approximate surface area is 254 Å². The predicted octanol–water partition coefficient (Wildman–Crippen LogP) is 12.5. The first-order valence-electron chi connectivity index (χ1n) is 14.8. The van der Waals surface area contributed by atoms with Crippen molar-refractivity contribution in [2.75, 3.05) is 0 Å². The Morgan fingerprint density at radius 2 is 0.837 bits per heavy atom. The second-order valence-corrected chi connectivity index (χ2v) is 12.2. The summed E-state index contributed by atoms with van der Waals surface area (Å²) in [5, 5.41) is 10.4. The van der Waals surface area contributed by atoms with Crippen molar-refractivity contribution < 1.29 is 0 Å². The molecule has 0 radical (unpaired) electrons. The molecule has 43 heavy (non-hydrogen) atoms. The van der Waals surface area contributed by atoms with Gasteiger partial charge in [0.25, 0.3) is 0 Å². The topological polar surface area (TPSA) is 0 Å². The fourth-order valence-corrected chi connectivity index (χ4v) is 8.32. The van der Waals surface area contributed by atoms with Crippen LogP contribution in [0.5, 0.6) is 0 Å². The van der Waals surface area contributed by atoms with Crippen molar-refractivity contribution in [1.82, 2.24) is 0 Å². The summed E-state index contributed by atoms with van der Waals surface area (Å²) in [7, 11) is 0. The Balaban J connectivity index is 1.40. The minimum absolute atomic E-state index is 1.25. The van der Waals surface area contributed by atoms with E-state index in [4.69, 9.17) is 0 Å². The summed E-state index contributed by atoms with van der Waals surface area (Å²) in [6.07, 6.45) is 0. The first-order valence-corrected chi connectivity index (χ1v) is 15.6. The van der Waals surface area contributed by atoms with Crippen LogP contribution in [0.2, 0.25) is 0 Å². The molecule has 0 N–H and O–H groups in total. The Bertz CT molecular complexity index is 2440. The van der Waals surface area contributed by atoms with Crippen LogP contribution in [0.3, 0.4) is 0 Å². The first-order chi connectivity index (χ1) is 21.4. The lowest BCUT2D eigenvalue weighted by molar-refractivity contribution is 1.67. The van der Waals surface area contributed by atoms with Gasteiger partial charge >= 0.3 is 0 Å². The Kier molecular flexibility index (Phi) is 5.47. The highest BCUT2D eigenvalue weighted by Gasteiger charge is 2.20. The average Bonchev–Trinajstić information content (AvgIpc) is 3.47. The first kappa shape index (κ1) is 24.4. The van der Waals surface area contributed by atoms with Crippen molar-refractivity contribution in [3.63, 3.8) is 0 Å². The maximum absolute atomic E-state index is 2.33. The molecule has 0 aliphatic heterocycles. The molecule has 9 rings (SSSR count). The van der Waals surface area contributed by atoms with E-state index in [1.165, 1.54) is 85.9 Å². The van der Waals surface area contributed by atoms with Gasteiger partial charge in [-0.3, -0.25) is 0 Å². The molecule has 0 saturated heterocycles. The number of hydrogen-bond acceptors (Lipinski definition) is 1. The van der Waals surface area contributed by atoms with Gasteiger partial charge in [0.15, 0.2) is 0 Å². The zero-order valence-corrected chi connectivity index (χ0v) is 24.2. The second-order valence-electron chi connectivity index (χ2n) is 11.2. The molecule has 0 fully saturated rings. The highest BCUT2D eigenvalue weighted by atomic mass is 32.1.